The van der Waals surface area contributed by atoms with Crippen LogP contribution in [-0.4, -0.2) is 57.1 Å². The number of aliphatic hydroxyl groups is 5. The summed E-state index contributed by atoms with van der Waals surface area (Å²) < 4.78 is 0. The van der Waals surface area contributed by atoms with E-state index in [9.17, 15) is 25.5 Å². The van der Waals surface area contributed by atoms with Gasteiger partial charge in [0.05, 0.1) is 31.5 Å². The van der Waals surface area contributed by atoms with Crippen LogP contribution in [-0.2, 0) is 0 Å². The third-order valence-corrected chi connectivity index (χ3v) is 13.2. The lowest BCUT2D eigenvalue weighted by molar-refractivity contribution is -0.267. The summed E-state index contributed by atoms with van der Waals surface area (Å²) >= 11 is 0. The number of hydrogen-bond acceptors (Lipinski definition) is 5. The van der Waals surface area contributed by atoms with E-state index in [-0.39, 0.29) is 52.8 Å². The lowest BCUT2D eigenvalue weighted by Gasteiger charge is -2.73. The van der Waals surface area contributed by atoms with E-state index in [1.54, 1.807) is 0 Å². The Bertz CT molecular complexity index is 895. The van der Waals surface area contributed by atoms with Crippen LogP contribution in [0.1, 0.15) is 92.9 Å². The first-order valence-corrected chi connectivity index (χ1v) is 14.1. The van der Waals surface area contributed by atoms with Crippen molar-refractivity contribution in [3.63, 3.8) is 0 Å². The average molecular weight is 491 g/mol. The third kappa shape index (κ3) is 3.00. The molecule has 5 nitrogen and oxygen atoms in total. The second-order valence-corrected chi connectivity index (χ2v) is 15.2. The Labute approximate surface area is 212 Å². The van der Waals surface area contributed by atoms with Gasteiger partial charge in [-0.15, -0.1) is 0 Å². The summed E-state index contributed by atoms with van der Waals surface area (Å²) in [6.07, 6.45) is 6.72. The fourth-order valence-corrected chi connectivity index (χ4v) is 10.9. The highest BCUT2D eigenvalue weighted by Gasteiger charge is 2.73. The van der Waals surface area contributed by atoms with Gasteiger partial charge in [0.1, 0.15) is 0 Å². The maximum absolute atomic E-state index is 12.0. The molecule has 8 unspecified atom stereocenters. The molecular weight excluding hydrogens is 440 g/mol. The highest BCUT2D eigenvalue weighted by atomic mass is 16.3. The molecule has 5 N–H and O–H groups in total. The maximum atomic E-state index is 12.0. The normalized spacial score (nSPS) is 54.5. The third-order valence-electron chi connectivity index (χ3n) is 13.2. The minimum Gasteiger partial charge on any atom is -0.396 e. The SMILES string of the molecule is CC1(C)CCC2(CO)C(C1)C1=CCC3C4(C)CCC(O)C(C)(C)C4CCC3(C)C1(CO)[C@@H](O)[C@@H]2O. The summed E-state index contributed by atoms with van der Waals surface area (Å²) in [5.41, 5.74) is -1.04. The van der Waals surface area contributed by atoms with Crippen molar-refractivity contribution in [2.45, 2.75) is 111 Å². The molecule has 0 radical (unpaired) electrons. The van der Waals surface area contributed by atoms with Crippen molar-refractivity contribution in [3.8, 4) is 0 Å². The summed E-state index contributed by atoms with van der Waals surface area (Å²) in [6.45, 7) is 13.3. The van der Waals surface area contributed by atoms with Crippen LogP contribution in [0.5, 0.6) is 0 Å². The molecule has 5 heteroatoms. The molecule has 0 amide bonds. The standard InChI is InChI=1S/C30H50O5/c1-25(2)13-14-29(16-31)19(15-25)18-7-8-21-27(5)11-10-22(33)26(3,4)20(27)9-12-28(21,6)30(18,17-32)24(35)23(29)34/h7,19-24,31-35H,8-17H2,1-6H3/t19?,20?,21?,22?,23-,24-,27?,28?,29?,30?/m0/s1. The number of aliphatic hydroxyl groups excluding tert-OH is 5. The molecule has 5 aliphatic carbocycles. The summed E-state index contributed by atoms with van der Waals surface area (Å²) in [7, 11) is 0. The van der Waals surface area contributed by atoms with Gasteiger partial charge in [0.15, 0.2) is 0 Å². The molecular formula is C30H50O5. The van der Waals surface area contributed by atoms with E-state index in [2.05, 4.69) is 47.6 Å². The van der Waals surface area contributed by atoms with Gasteiger partial charge < -0.3 is 25.5 Å². The summed E-state index contributed by atoms with van der Waals surface area (Å²) in [5.74, 6) is 0.574. The lowest BCUT2D eigenvalue weighted by atomic mass is 9.32. The summed E-state index contributed by atoms with van der Waals surface area (Å²) in [4.78, 5) is 0. The summed E-state index contributed by atoms with van der Waals surface area (Å²) in [6, 6.07) is 0. The Morgan fingerprint density at radius 3 is 2.11 bits per heavy atom. The first-order valence-electron chi connectivity index (χ1n) is 14.1. The van der Waals surface area contributed by atoms with Crippen LogP contribution >= 0.6 is 0 Å². The van der Waals surface area contributed by atoms with Crippen LogP contribution in [0.25, 0.3) is 0 Å². The Morgan fingerprint density at radius 1 is 0.800 bits per heavy atom. The number of rotatable bonds is 2. The molecule has 0 aromatic rings. The zero-order valence-corrected chi connectivity index (χ0v) is 22.8. The molecule has 4 saturated carbocycles. The van der Waals surface area contributed by atoms with Crippen molar-refractivity contribution >= 4 is 0 Å². The summed E-state index contributed by atoms with van der Waals surface area (Å²) in [5, 5.41) is 56.6. The lowest BCUT2D eigenvalue weighted by Crippen LogP contribution is -2.73. The van der Waals surface area contributed by atoms with Crippen molar-refractivity contribution in [2.24, 2.45) is 50.2 Å². The van der Waals surface area contributed by atoms with Gasteiger partial charge in [-0.3, -0.25) is 0 Å². The number of fused-ring (bicyclic) bond motifs is 7. The van der Waals surface area contributed by atoms with Crippen LogP contribution in [0.2, 0.25) is 0 Å². The molecule has 0 bridgehead atoms. The van der Waals surface area contributed by atoms with Crippen LogP contribution < -0.4 is 0 Å². The van der Waals surface area contributed by atoms with Crippen molar-refractivity contribution in [3.05, 3.63) is 11.6 Å². The Hall–Kier alpha value is -0.460. The number of allylic oxidation sites excluding steroid dienone is 1. The Balaban J connectivity index is 1.68. The van der Waals surface area contributed by atoms with Gasteiger partial charge in [-0.05, 0) is 90.8 Å². The van der Waals surface area contributed by atoms with E-state index in [0.717, 1.165) is 50.5 Å². The first kappa shape index (κ1) is 26.2. The average Bonchev–Trinajstić information content (AvgIpc) is 2.79. The quantitative estimate of drug-likeness (QED) is 0.376. The van der Waals surface area contributed by atoms with Gasteiger partial charge in [0.25, 0.3) is 0 Å². The van der Waals surface area contributed by atoms with Crippen LogP contribution in [0.4, 0.5) is 0 Å². The minimum absolute atomic E-state index is 0.0120. The van der Waals surface area contributed by atoms with E-state index in [4.69, 9.17) is 0 Å². The molecule has 0 heterocycles. The van der Waals surface area contributed by atoms with Crippen LogP contribution in [0, 0.1) is 50.2 Å². The Morgan fingerprint density at radius 2 is 1.49 bits per heavy atom. The predicted molar refractivity (Wildman–Crippen MR) is 136 cm³/mol. The smallest absolute Gasteiger partial charge is 0.0926 e. The second kappa shape index (κ2) is 7.79. The molecule has 5 aliphatic rings. The molecule has 10 atom stereocenters. The van der Waals surface area contributed by atoms with Gasteiger partial charge in [0.2, 0.25) is 0 Å². The minimum atomic E-state index is -1.11. The van der Waals surface area contributed by atoms with Gasteiger partial charge in [-0.2, -0.15) is 0 Å². The maximum Gasteiger partial charge on any atom is 0.0926 e. The van der Waals surface area contributed by atoms with E-state index >= 15 is 0 Å². The molecule has 5 rings (SSSR count). The zero-order chi connectivity index (χ0) is 25.8. The van der Waals surface area contributed by atoms with Gasteiger partial charge >= 0.3 is 0 Å². The second-order valence-electron chi connectivity index (χ2n) is 15.2. The monoisotopic (exact) mass is 490 g/mol. The van der Waals surface area contributed by atoms with Crippen molar-refractivity contribution in [1.82, 2.24) is 0 Å². The fraction of sp³-hybridized carbons (Fsp3) is 0.933. The van der Waals surface area contributed by atoms with Crippen molar-refractivity contribution < 1.29 is 25.5 Å². The molecule has 0 spiro atoms. The predicted octanol–water partition coefficient (Wildman–Crippen LogP) is 4.06. The van der Waals surface area contributed by atoms with E-state index in [1.807, 2.05) is 0 Å². The van der Waals surface area contributed by atoms with Crippen molar-refractivity contribution in [1.29, 1.82) is 0 Å². The van der Waals surface area contributed by atoms with E-state index < -0.39 is 23.0 Å². The Kier molecular flexibility index (Phi) is 5.82. The molecule has 35 heavy (non-hydrogen) atoms. The molecule has 4 fully saturated rings. The van der Waals surface area contributed by atoms with E-state index in [0.29, 0.717) is 12.3 Å². The van der Waals surface area contributed by atoms with Crippen molar-refractivity contribution in [2.75, 3.05) is 13.2 Å². The molecule has 0 aromatic carbocycles. The fourth-order valence-electron chi connectivity index (χ4n) is 10.9. The molecule has 200 valence electrons. The highest BCUT2D eigenvalue weighted by molar-refractivity contribution is 5.38. The number of hydrogen-bond donors (Lipinski definition) is 5. The van der Waals surface area contributed by atoms with Gasteiger partial charge in [-0.1, -0.05) is 53.2 Å². The highest BCUT2D eigenvalue weighted by Crippen LogP contribution is 2.75. The van der Waals surface area contributed by atoms with Gasteiger partial charge in [0, 0.05) is 10.8 Å². The topological polar surface area (TPSA) is 101 Å². The van der Waals surface area contributed by atoms with E-state index in [1.165, 1.54) is 0 Å². The van der Waals surface area contributed by atoms with Crippen LogP contribution in [0.3, 0.4) is 0 Å². The molecule has 0 aliphatic heterocycles. The largest absolute Gasteiger partial charge is 0.396 e. The van der Waals surface area contributed by atoms with Gasteiger partial charge in [-0.25, -0.2) is 0 Å². The zero-order valence-electron chi connectivity index (χ0n) is 22.8. The molecule has 0 aromatic heterocycles. The van der Waals surface area contributed by atoms with Crippen LogP contribution in [0.15, 0.2) is 11.6 Å². The first-order chi connectivity index (χ1) is 16.2. The molecule has 0 saturated heterocycles.